The van der Waals surface area contributed by atoms with E-state index < -0.39 is 5.79 Å². The number of ether oxygens (including phenoxy) is 3. The third-order valence-corrected chi connectivity index (χ3v) is 2.52. The van der Waals surface area contributed by atoms with Gasteiger partial charge in [-0.25, -0.2) is 4.39 Å². The summed E-state index contributed by atoms with van der Waals surface area (Å²) in [4.78, 5) is 0. The van der Waals surface area contributed by atoms with Crippen molar-refractivity contribution in [1.82, 2.24) is 0 Å². The van der Waals surface area contributed by atoms with Crippen LogP contribution in [-0.4, -0.2) is 25.1 Å². The van der Waals surface area contributed by atoms with Crippen LogP contribution in [0.1, 0.15) is 19.4 Å². The lowest BCUT2D eigenvalue weighted by molar-refractivity contribution is -0.141. The topological polar surface area (TPSA) is 27.7 Å². The fourth-order valence-electron chi connectivity index (χ4n) is 1.82. The predicted molar refractivity (Wildman–Crippen MR) is 61.5 cm³/mol. The molecule has 0 saturated carbocycles. The highest BCUT2D eigenvalue weighted by Gasteiger charge is 2.32. The van der Waals surface area contributed by atoms with Crippen molar-refractivity contribution in [2.24, 2.45) is 0 Å². The van der Waals surface area contributed by atoms with E-state index in [1.54, 1.807) is 6.07 Å². The van der Waals surface area contributed by atoms with Crippen LogP contribution in [0.2, 0.25) is 0 Å². The summed E-state index contributed by atoms with van der Waals surface area (Å²) in [6.45, 7) is 6.42. The van der Waals surface area contributed by atoms with Gasteiger partial charge in [-0.05, 0) is 38.5 Å². The second kappa shape index (κ2) is 4.63. The predicted octanol–water partition coefficient (Wildman–Crippen LogP) is 2.66. The second-order valence-corrected chi connectivity index (χ2v) is 4.73. The van der Waals surface area contributed by atoms with Crippen LogP contribution in [0.4, 0.5) is 4.39 Å². The molecule has 0 N–H and O–H groups in total. The van der Waals surface area contributed by atoms with Gasteiger partial charge in [0.05, 0.1) is 6.61 Å². The van der Waals surface area contributed by atoms with Gasteiger partial charge >= 0.3 is 0 Å². The van der Waals surface area contributed by atoms with Crippen LogP contribution in [0, 0.1) is 12.7 Å². The molecule has 1 aliphatic heterocycles. The number of halogens is 1. The van der Waals surface area contributed by atoms with E-state index in [2.05, 4.69) is 0 Å². The van der Waals surface area contributed by atoms with Crippen LogP contribution in [0.15, 0.2) is 18.2 Å². The molecule has 1 fully saturated rings. The zero-order chi connectivity index (χ0) is 12.5. The Balaban J connectivity index is 1.90. The number of benzene rings is 1. The Bertz CT molecular complexity index is 383. The molecule has 1 aromatic rings. The SMILES string of the molecule is Cc1cc(F)cc(OCC2COC(C)(C)O2)c1. The number of rotatable bonds is 3. The maximum absolute atomic E-state index is 13.1. The number of hydrogen-bond donors (Lipinski definition) is 0. The van der Waals surface area contributed by atoms with Crippen molar-refractivity contribution >= 4 is 0 Å². The summed E-state index contributed by atoms with van der Waals surface area (Å²) in [5.41, 5.74) is 0.837. The van der Waals surface area contributed by atoms with Crippen LogP contribution < -0.4 is 4.74 Å². The van der Waals surface area contributed by atoms with Crippen LogP contribution in [-0.2, 0) is 9.47 Å². The largest absolute Gasteiger partial charge is 0.491 e. The zero-order valence-corrected chi connectivity index (χ0v) is 10.3. The second-order valence-electron chi connectivity index (χ2n) is 4.73. The average Bonchev–Trinajstić information content (AvgIpc) is 2.54. The van der Waals surface area contributed by atoms with E-state index in [9.17, 15) is 4.39 Å². The van der Waals surface area contributed by atoms with Crippen molar-refractivity contribution in [3.8, 4) is 5.75 Å². The highest BCUT2D eigenvalue weighted by atomic mass is 19.1. The molecule has 2 rings (SSSR count). The highest BCUT2D eigenvalue weighted by molar-refractivity contribution is 5.28. The van der Waals surface area contributed by atoms with Gasteiger partial charge in [-0.1, -0.05) is 0 Å². The van der Waals surface area contributed by atoms with Gasteiger partial charge in [0.25, 0.3) is 0 Å². The summed E-state index contributed by atoms with van der Waals surface area (Å²) < 4.78 is 29.6. The summed E-state index contributed by atoms with van der Waals surface area (Å²) in [5, 5.41) is 0. The van der Waals surface area contributed by atoms with Gasteiger partial charge in [0, 0.05) is 6.07 Å². The van der Waals surface area contributed by atoms with Crippen LogP contribution >= 0.6 is 0 Å². The fraction of sp³-hybridized carbons (Fsp3) is 0.538. The third-order valence-electron chi connectivity index (χ3n) is 2.52. The molecular weight excluding hydrogens is 223 g/mol. The van der Waals surface area contributed by atoms with Crippen LogP contribution in [0.3, 0.4) is 0 Å². The van der Waals surface area contributed by atoms with Crippen molar-refractivity contribution in [3.05, 3.63) is 29.6 Å². The van der Waals surface area contributed by atoms with E-state index in [0.29, 0.717) is 19.0 Å². The molecule has 0 bridgehead atoms. The lowest BCUT2D eigenvalue weighted by Gasteiger charge is -2.17. The van der Waals surface area contributed by atoms with E-state index in [1.807, 2.05) is 20.8 Å². The Morgan fingerprint density at radius 1 is 1.41 bits per heavy atom. The first-order valence-corrected chi connectivity index (χ1v) is 5.66. The van der Waals surface area contributed by atoms with Crippen molar-refractivity contribution in [1.29, 1.82) is 0 Å². The van der Waals surface area contributed by atoms with Crippen molar-refractivity contribution in [2.75, 3.05) is 13.2 Å². The van der Waals surface area contributed by atoms with Crippen LogP contribution in [0.25, 0.3) is 0 Å². The van der Waals surface area contributed by atoms with Crippen LogP contribution in [0.5, 0.6) is 5.75 Å². The number of aryl methyl sites for hydroxylation is 1. The van der Waals surface area contributed by atoms with E-state index in [4.69, 9.17) is 14.2 Å². The lowest BCUT2D eigenvalue weighted by Crippen LogP contribution is -2.25. The standard InChI is InChI=1S/C13H17FO3/c1-9-4-10(14)6-11(5-9)15-7-12-8-16-13(2,3)17-12/h4-6,12H,7-8H2,1-3H3. The quantitative estimate of drug-likeness (QED) is 0.813. The van der Waals surface area contributed by atoms with Gasteiger partial charge in [-0.3, -0.25) is 0 Å². The maximum atomic E-state index is 13.1. The van der Waals surface area contributed by atoms with E-state index >= 15 is 0 Å². The van der Waals surface area contributed by atoms with Gasteiger partial charge in [-0.2, -0.15) is 0 Å². The summed E-state index contributed by atoms with van der Waals surface area (Å²) in [6.07, 6.45) is -0.103. The van der Waals surface area contributed by atoms with E-state index in [0.717, 1.165) is 5.56 Å². The smallest absolute Gasteiger partial charge is 0.163 e. The van der Waals surface area contributed by atoms with Crippen molar-refractivity contribution in [3.63, 3.8) is 0 Å². The first kappa shape index (κ1) is 12.3. The molecule has 4 heteroatoms. The Morgan fingerprint density at radius 2 is 2.18 bits per heavy atom. The van der Waals surface area contributed by atoms with Crippen molar-refractivity contribution in [2.45, 2.75) is 32.7 Å². The first-order valence-electron chi connectivity index (χ1n) is 5.66. The summed E-state index contributed by atoms with van der Waals surface area (Å²) in [5.74, 6) is -0.314. The van der Waals surface area contributed by atoms with Gasteiger partial charge in [0.15, 0.2) is 5.79 Å². The van der Waals surface area contributed by atoms with Gasteiger partial charge < -0.3 is 14.2 Å². The molecule has 0 spiro atoms. The molecule has 0 aliphatic carbocycles. The van der Waals surface area contributed by atoms with E-state index in [-0.39, 0.29) is 11.9 Å². The first-order chi connectivity index (χ1) is 7.94. The molecule has 1 aromatic carbocycles. The number of hydrogen-bond acceptors (Lipinski definition) is 3. The molecule has 3 nitrogen and oxygen atoms in total. The van der Waals surface area contributed by atoms with Crippen molar-refractivity contribution < 1.29 is 18.6 Å². The summed E-state index contributed by atoms with van der Waals surface area (Å²) in [6, 6.07) is 4.63. The molecule has 0 radical (unpaired) electrons. The molecule has 0 amide bonds. The summed E-state index contributed by atoms with van der Waals surface area (Å²) in [7, 11) is 0. The lowest BCUT2D eigenvalue weighted by atomic mass is 10.2. The summed E-state index contributed by atoms with van der Waals surface area (Å²) >= 11 is 0. The van der Waals surface area contributed by atoms with Gasteiger partial charge in [0.1, 0.15) is 24.3 Å². The average molecular weight is 240 g/mol. The zero-order valence-electron chi connectivity index (χ0n) is 10.3. The Kier molecular flexibility index (Phi) is 3.35. The molecule has 1 saturated heterocycles. The Morgan fingerprint density at radius 3 is 2.76 bits per heavy atom. The highest BCUT2D eigenvalue weighted by Crippen LogP contribution is 2.23. The molecule has 0 aromatic heterocycles. The molecule has 1 heterocycles. The molecule has 94 valence electrons. The molecule has 1 aliphatic rings. The minimum atomic E-state index is -0.550. The molecular formula is C13H17FO3. The normalized spacial score (nSPS) is 22.7. The minimum absolute atomic E-state index is 0.103. The van der Waals surface area contributed by atoms with E-state index in [1.165, 1.54) is 12.1 Å². The van der Waals surface area contributed by atoms with Gasteiger partial charge in [0.2, 0.25) is 0 Å². The maximum Gasteiger partial charge on any atom is 0.163 e. The monoisotopic (exact) mass is 240 g/mol. The molecule has 1 unspecified atom stereocenters. The molecule has 17 heavy (non-hydrogen) atoms. The molecule has 1 atom stereocenters. The fourth-order valence-corrected chi connectivity index (χ4v) is 1.82. The Hall–Kier alpha value is -1.13. The van der Waals surface area contributed by atoms with Gasteiger partial charge in [-0.15, -0.1) is 0 Å². The Labute approximate surface area is 100 Å². The minimum Gasteiger partial charge on any atom is -0.491 e. The third kappa shape index (κ3) is 3.41.